The Morgan fingerprint density at radius 2 is 1.87 bits per heavy atom. The molecule has 1 aromatic heterocycles. The number of rotatable bonds is 8. The molecule has 0 radical (unpaired) electrons. The lowest BCUT2D eigenvalue weighted by atomic mass is 10.0. The van der Waals surface area contributed by atoms with Crippen LogP contribution in [0, 0.1) is 0 Å². The first kappa shape index (κ1) is 25.7. The van der Waals surface area contributed by atoms with E-state index in [1.54, 1.807) is 12.3 Å². The van der Waals surface area contributed by atoms with Crippen molar-refractivity contribution < 1.29 is 14.3 Å². The third-order valence-electron chi connectivity index (χ3n) is 4.61. The lowest BCUT2D eigenvalue weighted by molar-refractivity contribution is 0.0349. The number of hydrogen-bond acceptors (Lipinski definition) is 6. The smallest absolute Gasteiger partial charge is 0.407 e. The Morgan fingerprint density at radius 3 is 2.48 bits per heavy atom. The van der Waals surface area contributed by atoms with Gasteiger partial charge in [-0.2, -0.15) is 0 Å². The molecule has 0 fully saturated rings. The summed E-state index contributed by atoms with van der Waals surface area (Å²) < 4.78 is 5.41. The van der Waals surface area contributed by atoms with Gasteiger partial charge in [0.2, 0.25) is 0 Å². The number of alkyl carbamates (subject to hydrolysis) is 1. The quantitative estimate of drug-likeness (QED) is 0.498. The van der Waals surface area contributed by atoms with E-state index in [2.05, 4.69) is 15.6 Å². The Morgan fingerprint density at radius 1 is 1.23 bits per heavy atom. The van der Waals surface area contributed by atoms with E-state index in [0.29, 0.717) is 12.1 Å². The molecule has 0 aliphatic rings. The fourth-order valence-corrected chi connectivity index (χ4v) is 2.58. The number of primary amides is 1. The molecule has 2 aromatic rings. The average Bonchev–Trinajstić information content (AvgIpc) is 2.73. The number of carbonyl (C=O) groups is 2. The van der Waals surface area contributed by atoms with Crippen LogP contribution in [-0.4, -0.2) is 35.2 Å². The second-order valence-corrected chi connectivity index (χ2v) is 7.50. The molecule has 8 heteroatoms. The maximum Gasteiger partial charge on any atom is 0.407 e. The van der Waals surface area contributed by atoms with Crippen LogP contribution in [0.15, 0.2) is 36.5 Å². The molecular weight excluding hydrogens is 394 g/mol. The minimum absolute atomic E-state index is 0.0954. The van der Waals surface area contributed by atoms with E-state index in [4.69, 9.17) is 16.2 Å². The van der Waals surface area contributed by atoms with Gasteiger partial charge in [-0.25, -0.2) is 9.78 Å². The van der Waals surface area contributed by atoms with Crippen LogP contribution in [0.25, 0.3) is 11.1 Å². The Bertz CT molecular complexity index is 883. The molecule has 170 valence electrons. The van der Waals surface area contributed by atoms with Crippen molar-refractivity contribution in [3.05, 3.63) is 42.1 Å². The van der Waals surface area contributed by atoms with E-state index in [1.807, 2.05) is 65.8 Å². The van der Waals surface area contributed by atoms with Crippen LogP contribution in [0.2, 0.25) is 0 Å². The summed E-state index contributed by atoms with van der Waals surface area (Å²) in [6.45, 7) is 12.1. The summed E-state index contributed by atoms with van der Waals surface area (Å²) in [5, 5.41) is 6.13. The summed E-state index contributed by atoms with van der Waals surface area (Å²) in [7, 11) is 0. The SMILES string of the molecule is CC.CCC(C)(C)OC(=O)N[C@@H](C)CNc1ccccc1-c1cnc(N)c(C(N)=O)c1. The predicted molar refractivity (Wildman–Crippen MR) is 126 cm³/mol. The molecule has 0 spiro atoms. The lowest BCUT2D eigenvalue weighted by Crippen LogP contribution is -2.41. The van der Waals surface area contributed by atoms with Gasteiger partial charge in [0, 0.05) is 35.6 Å². The first-order valence-electron chi connectivity index (χ1n) is 10.5. The zero-order chi connectivity index (χ0) is 23.6. The van der Waals surface area contributed by atoms with Gasteiger partial charge in [0.1, 0.15) is 11.4 Å². The van der Waals surface area contributed by atoms with E-state index in [-0.39, 0.29) is 17.4 Å². The second kappa shape index (κ2) is 11.8. The van der Waals surface area contributed by atoms with Gasteiger partial charge in [-0.05, 0) is 39.3 Å². The Labute approximate surface area is 184 Å². The molecule has 1 heterocycles. The van der Waals surface area contributed by atoms with Gasteiger partial charge in [-0.3, -0.25) is 4.79 Å². The van der Waals surface area contributed by atoms with Gasteiger partial charge in [-0.1, -0.05) is 39.0 Å². The molecule has 31 heavy (non-hydrogen) atoms. The van der Waals surface area contributed by atoms with Crippen molar-refractivity contribution in [2.45, 2.75) is 59.6 Å². The summed E-state index contributed by atoms with van der Waals surface area (Å²) >= 11 is 0. The van der Waals surface area contributed by atoms with Gasteiger partial charge >= 0.3 is 6.09 Å². The van der Waals surface area contributed by atoms with Crippen LogP contribution in [0.1, 0.15) is 58.3 Å². The van der Waals surface area contributed by atoms with E-state index >= 15 is 0 Å². The number of nitrogens with two attached hydrogens (primary N) is 2. The van der Waals surface area contributed by atoms with Gasteiger partial charge in [0.25, 0.3) is 5.91 Å². The summed E-state index contributed by atoms with van der Waals surface area (Å²) in [6, 6.07) is 9.02. The predicted octanol–water partition coefficient (Wildman–Crippen LogP) is 4.17. The molecule has 0 bridgehead atoms. The van der Waals surface area contributed by atoms with Crippen molar-refractivity contribution in [2.75, 3.05) is 17.6 Å². The number of carbonyl (C=O) groups excluding carboxylic acids is 2. The number of pyridine rings is 1. The Hall–Kier alpha value is -3.29. The normalized spacial score (nSPS) is 11.5. The summed E-state index contributed by atoms with van der Waals surface area (Å²) in [6.07, 6.45) is 1.87. The highest BCUT2D eigenvalue weighted by atomic mass is 16.6. The minimum Gasteiger partial charge on any atom is -0.444 e. The molecule has 0 saturated heterocycles. The van der Waals surface area contributed by atoms with Crippen LogP contribution in [0.3, 0.4) is 0 Å². The van der Waals surface area contributed by atoms with Gasteiger partial charge < -0.3 is 26.8 Å². The molecule has 6 N–H and O–H groups in total. The molecular formula is C23H35N5O3. The standard InChI is InChI=1S/C21H29N5O3.C2H6/c1-5-21(3,4)29-20(28)26-13(2)11-24-17-9-7-6-8-15(17)14-10-16(19(23)27)18(22)25-12-14;1-2/h6-10,12-13,24H,5,11H2,1-4H3,(H2,22,25)(H2,23,27)(H,26,28);1-2H3/t13-;/m0./s1. The molecule has 0 unspecified atom stereocenters. The van der Waals surface area contributed by atoms with Crippen LogP contribution < -0.4 is 22.1 Å². The van der Waals surface area contributed by atoms with Gasteiger partial charge in [0.15, 0.2) is 0 Å². The molecule has 1 aromatic carbocycles. The number of ether oxygens (including phenoxy) is 1. The zero-order valence-electron chi connectivity index (χ0n) is 19.3. The highest BCUT2D eigenvalue weighted by Crippen LogP contribution is 2.29. The number of nitrogens with one attached hydrogen (secondary N) is 2. The highest BCUT2D eigenvalue weighted by Gasteiger charge is 2.21. The number of nitrogen functional groups attached to an aromatic ring is 1. The number of hydrogen-bond donors (Lipinski definition) is 4. The third-order valence-corrected chi connectivity index (χ3v) is 4.61. The maximum absolute atomic E-state index is 12.0. The molecule has 2 amide bonds. The molecule has 0 saturated carbocycles. The fourth-order valence-electron chi connectivity index (χ4n) is 2.58. The number of para-hydroxylation sites is 1. The van der Waals surface area contributed by atoms with E-state index in [9.17, 15) is 9.59 Å². The zero-order valence-corrected chi connectivity index (χ0v) is 19.3. The van der Waals surface area contributed by atoms with Gasteiger partial charge in [0.05, 0.1) is 5.56 Å². The first-order valence-corrected chi connectivity index (χ1v) is 10.5. The molecule has 2 rings (SSSR count). The van der Waals surface area contributed by atoms with Crippen LogP contribution in [0.4, 0.5) is 16.3 Å². The van der Waals surface area contributed by atoms with Crippen molar-refractivity contribution in [1.82, 2.24) is 10.3 Å². The van der Waals surface area contributed by atoms with Crippen LogP contribution >= 0.6 is 0 Å². The van der Waals surface area contributed by atoms with E-state index < -0.39 is 17.6 Å². The first-order chi connectivity index (χ1) is 14.6. The summed E-state index contributed by atoms with van der Waals surface area (Å²) in [5.74, 6) is -0.536. The molecule has 1 atom stereocenters. The number of aromatic nitrogens is 1. The second-order valence-electron chi connectivity index (χ2n) is 7.50. The molecule has 0 aliphatic carbocycles. The summed E-state index contributed by atoms with van der Waals surface area (Å²) in [4.78, 5) is 27.7. The monoisotopic (exact) mass is 429 g/mol. The van der Waals surface area contributed by atoms with E-state index in [1.165, 1.54) is 0 Å². The number of amides is 2. The minimum atomic E-state index is -0.631. The Kier molecular flexibility index (Phi) is 9.79. The van der Waals surface area contributed by atoms with Gasteiger partial charge in [-0.15, -0.1) is 0 Å². The number of anilines is 2. The lowest BCUT2D eigenvalue weighted by Gasteiger charge is -2.25. The molecule has 8 nitrogen and oxygen atoms in total. The topological polar surface area (TPSA) is 132 Å². The highest BCUT2D eigenvalue weighted by molar-refractivity contribution is 5.98. The number of benzene rings is 1. The van der Waals surface area contributed by atoms with E-state index in [0.717, 1.165) is 17.7 Å². The Balaban J connectivity index is 0.00000233. The maximum atomic E-state index is 12.0. The molecule has 0 aliphatic heterocycles. The van der Waals surface area contributed by atoms with Crippen LogP contribution in [-0.2, 0) is 4.74 Å². The average molecular weight is 430 g/mol. The van der Waals surface area contributed by atoms with Crippen molar-refractivity contribution in [1.29, 1.82) is 0 Å². The van der Waals surface area contributed by atoms with Crippen molar-refractivity contribution >= 4 is 23.5 Å². The van der Waals surface area contributed by atoms with Crippen molar-refractivity contribution in [3.8, 4) is 11.1 Å². The van der Waals surface area contributed by atoms with Crippen molar-refractivity contribution in [2.24, 2.45) is 5.73 Å². The summed E-state index contributed by atoms with van der Waals surface area (Å²) in [5.41, 5.74) is 13.1. The van der Waals surface area contributed by atoms with Crippen molar-refractivity contribution in [3.63, 3.8) is 0 Å². The largest absolute Gasteiger partial charge is 0.444 e. The third kappa shape index (κ3) is 7.81. The number of nitrogens with zero attached hydrogens (tertiary/aromatic N) is 1. The fraction of sp³-hybridized carbons (Fsp3) is 0.435. The van der Waals surface area contributed by atoms with Crippen LogP contribution in [0.5, 0.6) is 0 Å².